The summed E-state index contributed by atoms with van der Waals surface area (Å²) >= 11 is 0. The Morgan fingerprint density at radius 2 is 1.48 bits per heavy atom. The fourth-order valence-corrected chi connectivity index (χ4v) is 4.05. The van der Waals surface area contributed by atoms with Gasteiger partial charge in [0.25, 0.3) is 0 Å². The van der Waals surface area contributed by atoms with E-state index >= 15 is 0 Å². The number of phosphoric acid groups is 1. The molecule has 1 aliphatic heterocycles. The van der Waals surface area contributed by atoms with E-state index in [1.54, 1.807) is 6.92 Å². The first-order valence-corrected chi connectivity index (χ1v) is 13.4. The Morgan fingerprint density at radius 1 is 0.903 bits per heavy atom. The molecule has 0 radical (unpaired) electrons. The summed E-state index contributed by atoms with van der Waals surface area (Å²) in [6.45, 7) is 3.85. The van der Waals surface area contributed by atoms with Crippen molar-refractivity contribution in [1.82, 2.24) is 0 Å². The Hall–Kier alpha value is 0.0600. The minimum absolute atomic E-state index is 0.0348. The standard InChI is InChI=1S/C17H36O12P2/c1-12(2)30(21,22)26-9-10-28-31(23,24)27-8-6-4-5-7-25-17-13(3)15(19)16(20)14(11-18)29-17/h12-20H,4-11H2,1-3H3,(H,21,22)(H,23,24). The van der Waals surface area contributed by atoms with Gasteiger partial charge in [0.15, 0.2) is 6.29 Å². The summed E-state index contributed by atoms with van der Waals surface area (Å²) in [7, 11) is -8.05. The van der Waals surface area contributed by atoms with Crippen LogP contribution in [0.15, 0.2) is 0 Å². The van der Waals surface area contributed by atoms with Crippen molar-refractivity contribution in [3.05, 3.63) is 0 Å². The van der Waals surface area contributed by atoms with Crippen LogP contribution in [0.4, 0.5) is 0 Å². The second-order valence-corrected chi connectivity index (χ2v) is 11.5. The number of unbranched alkanes of at least 4 members (excludes halogenated alkanes) is 2. The van der Waals surface area contributed by atoms with Crippen LogP contribution < -0.4 is 0 Å². The number of rotatable bonds is 15. The van der Waals surface area contributed by atoms with Crippen LogP contribution in [-0.4, -0.2) is 88.4 Å². The van der Waals surface area contributed by atoms with Crippen LogP contribution in [0.1, 0.15) is 40.0 Å². The molecule has 0 aromatic carbocycles. The summed E-state index contributed by atoms with van der Waals surface area (Å²) in [6.07, 6.45) is -2.26. The van der Waals surface area contributed by atoms with Crippen LogP contribution in [0, 0.1) is 5.92 Å². The van der Waals surface area contributed by atoms with Crippen molar-refractivity contribution in [3.8, 4) is 0 Å². The molecule has 1 saturated heterocycles. The molecule has 7 atom stereocenters. The first kappa shape index (κ1) is 29.1. The van der Waals surface area contributed by atoms with Gasteiger partial charge in [-0.15, -0.1) is 0 Å². The van der Waals surface area contributed by atoms with E-state index in [2.05, 4.69) is 4.52 Å². The van der Waals surface area contributed by atoms with E-state index in [1.807, 2.05) is 0 Å². The second-order valence-electron chi connectivity index (χ2n) is 7.62. The fourth-order valence-electron chi connectivity index (χ4n) is 2.68. The molecule has 0 aliphatic carbocycles. The highest BCUT2D eigenvalue weighted by Gasteiger charge is 2.42. The average Bonchev–Trinajstić information content (AvgIpc) is 2.70. The molecule has 5 N–H and O–H groups in total. The number of hydrogen-bond acceptors (Lipinski definition) is 10. The minimum atomic E-state index is -4.29. The Morgan fingerprint density at radius 3 is 2.10 bits per heavy atom. The summed E-state index contributed by atoms with van der Waals surface area (Å²) in [4.78, 5) is 19.0. The maximum atomic E-state index is 11.7. The van der Waals surface area contributed by atoms with Crippen molar-refractivity contribution < 1.29 is 57.3 Å². The molecule has 31 heavy (non-hydrogen) atoms. The second kappa shape index (κ2) is 13.7. The lowest BCUT2D eigenvalue weighted by atomic mass is 9.92. The smallest absolute Gasteiger partial charge is 0.394 e. The summed E-state index contributed by atoms with van der Waals surface area (Å²) in [5.74, 6) is -0.470. The minimum Gasteiger partial charge on any atom is -0.394 e. The van der Waals surface area contributed by atoms with Gasteiger partial charge in [0.2, 0.25) is 0 Å². The summed E-state index contributed by atoms with van der Waals surface area (Å²) < 4.78 is 48.6. The first-order chi connectivity index (χ1) is 14.4. The van der Waals surface area contributed by atoms with Gasteiger partial charge in [-0.3, -0.25) is 13.6 Å². The number of aliphatic hydroxyl groups is 3. The fraction of sp³-hybridized carbons (Fsp3) is 1.00. The van der Waals surface area contributed by atoms with Crippen LogP contribution in [0.5, 0.6) is 0 Å². The molecule has 1 heterocycles. The predicted molar refractivity (Wildman–Crippen MR) is 109 cm³/mol. The van der Waals surface area contributed by atoms with Crippen LogP contribution in [0.3, 0.4) is 0 Å². The summed E-state index contributed by atoms with van der Waals surface area (Å²) in [5.41, 5.74) is -0.589. The highest BCUT2D eigenvalue weighted by atomic mass is 31.2. The maximum absolute atomic E-state index is 11.7. The Labute approximate surface area is 182 Å². The van der Waals surface area contributed by atoms with Gasteiger partial charge in [0, 0.05) is 12.5 Å². The van der Waals surface area contributed by atoms with Crippen LogP contribution in [-0.2, 0) is 32.2 Å². The van der Waals surface area contributed by atoms with Crippen LogP contribution in [0.2, 0.25) is 0 Å². The lowest BCUT2D eigenvalue weighted by molar-refractivity contribution is -0.282. The third-order valence-electron chi connectivity index (χ3n) is 4.78. The highest BCUT2D eigenvalue weighted by molar-refractivity contribution is 7.53. The van der Waals surface area contributed by atoms with Gasteiger partial charge in [-0.2, -0.15) is 0 Å². The van der Waals surface area contributed by atoms with E-state index in [0.717, 1.165) is 0 Å². The van der Waals surface area contributed by atoms with Gasteiger partial charge in [-0.25, -0.2) is 4.57 Å². The summed E-state index contributed by atoms with van der Waals surface area (Å²) in [6, 6.07) is 0. The van der Waals surface area contributed by atoms with E-state index in [0.29, 0.717) is 19.3 Å². The number of ether oxygens (including phenoxy) is 2. The van der Waals surface area contributed by atoms with Gasteiger partial charge < -0.3 is 39.1 Å². The Kier molecular flexibility index (Phi) is 12.8. The molecular formula is C17H36O12P2. The largest absolute Gasteiger partial charge is 0.472 e. The van der Waals surface area contributed by atoms with E-state index in [-0.39, 0.29) is 26.4 Å². The molecule has 1 rings (SSSR count). The van der Waals surface area contributed by atoms with Gasteiger partial charge >= 0.3 is 15.4 Å². The van der Waals surface area contributed by atoms with Crippen molar-refractivity contribution in [2.45, 2.75) is 70.3 Å². The van der Waals surface area contributed by atoms with Crippen LogP contribution in [0.25, 0.3) is 0 Å². The zero-order valence-corrected chi connectivity index (χ0v) is 19.9. The first-order valence-electron chi connectivity index (χ1n) is 10.2. The molecule has 0 aromatic heterocycles. The molecule has 0 saturated carbocycles. The van der Waals surface area contributed by atoms with Gasteiger partial charge in [0.1, 0.15) is 12.2 Å². The summed E-state index contributed by atoms with van der Waals surface area (Å²) in [5, 5.41) is 29.0. The molecule has 0 aromatic rings. The van der Waals surface area contributed by atoms with Crippen LogP contribution >= 0.6 is 15.4 Å². The average molecular weight is 494 g/mol. The quantitative estimate of drug-likeness (QED) is 0.161. The van der Waals surface area contributed by atoms with Crippen molar-refractivity contribution in [3.63, 3.8) is 0 Å². The van der Waals surface area contributed by atoms with E-state index < -0.39 is 58.2 Å². The van der Waals surface area contributed by atoms with E-state index in [1.165, 1.54) is 13.8 Å². The van der Waals surface area contributed by atoms with Gasteiger partial charge in [0.05, 0.1) is 38.2 Å². The lowest BCUT2D eigenvalue weighted by Gasteiger charge is -2.40. The SMILES string of the molecule is CC1C(OCCCCCOP(=O)(O)OCCOP(=O)(O)C(C)C)OC(CO)C(O)C1O. The van der Waals surface area contributed by atoms with E-state index in [9.17, 15) is 34.2 Å². The maximum Gasteiger partial charge on any atom is 0.472 e. The third kappa shape index (κ3) is 10.2. The zero-order chi connectivity index (χ0) is 23.7. The number of aliphatic hydroxyl groups excluding tert-OH is 3. The molecule has 1 fully saturated rings. The van der Waals surface area contributed by atoms with Crippen molar-refractivity contribution in [2.75, 3.05) is 33.0 Å². The number of hydrogen-bond donors (Lipinski definition) is 5. The Balaban J connectivity index is 2.14. The van der Waals surface area contributed by atoms with Crippen molar-refractivity contribution in [1.29, 1.82) is 0 Å². The monoisotopic (exact) mass is 494 g/mol. The molecule has 14 heteroatoms. The Bertz CT molecular complexity index is 602. The lowest BCUT2D eigenvalue weighted by Crippen LogP contribution is -2.55. The van der Waals surface area contributed by atoms with Crippen molar-refractivity contribution in [2.24, 2.45) is 5.92 Å². The predicted octanol–water partition coefficient (Wildman–Crippen LogP) is 0.992. The molecule has 0 bridgehead atoms. The number of phosphoric ester groups is 1. The molecular weight excluding hydrogens is 458 g/mol. The van der Waals surface area contributed by atoms with Crippen molar-refractivity contribution >= 4 is 15.4 Å². The molecule has 0 spiro atoms. The van der Waals surface area contributed by atoms with Gasteiger partial charge in [-0.1, -0.05) is 20.8 Å². The normalized spacial score (nSPS) is 30.8. The highest BCUT2D eigenvalue weighted by Crippen LogP contribution is 2.47. The van der Waals surface area contributed by atoms with E-state index in [4.69, 9.17) is 18.5 Å². The molecule has 12 nitrogen and oxygen atoms in total. The molecule has 1 aliphatic rings. The molecule has 186 valence electrons. The van der Waals surface area contributed by atoms with Gasteiger partial charge in [-0.05, 0) is 19.3 Å². The topological polar surface area (TPSA) is 181 Å². The molecule has 0 amide bonds. The third-order valence-corrected chi connectivity index (χ3v) is 7.65. The zero-order valence-electron chi connectivity index (χ0n) is 18.1. The molecule has 7 unspecified atom stereocenters.